The van der Waals surface area contributed by atoms with Gasteiger partial charge < -0.3 is 4.74 Å². The van der Waals surface area contributed by atoms with Crippen molar-refractivity contribution >= 4 is 23.4 Å². The van der Waals surface area contributed by atoms with Crippen LogP contribution in [0.15, 0.2) is 48.5 Å². The van der Waals surface area contributed by atoms with Gasteiger partial charge in [0.15, 0.2) is 0 Å². The molecule has 2 aromatic rings. The number of benzene rings is 2. The third kappa shape index (κ3) is 3.57. The van der Waals surface area contributed by atoms with Gasteiger partial charge in [-0.25, -0.2) is 4.79 Å². The molecule has 3 nitrogen and oxygen atoms in total. The molecule has 0 radical (unpaired) electrons. The quantitative estimate of drug-likeness (QED) is 0.745. The highest BCUT2D eigenvalue weighted by Gasteiger charge is 2.37. The van der Waals surface area contributed by atoms with Gasteiger partial charge in [-0.2, -0.15) is 0 Å². The first-order valence-corrected chi connectivity index (χ1v) is 8.56. The van der Waals surface area contributed by atoms with Crippen molar-refractivity contribution in [1.82, 2.24) is 0 Å². The maximum atomic E-state index is 12.8. The Morgan fingerprint density at radius 3 is 2.54 bits per heavy atom. The number of carbonyl (C=O) groups excluding carboxylic acids is 1. The number of fused-ring (bicyclic) bond motifs is 1. The van der Waals surface area contributed by atoms with Crippen LogP contribution < -0.4 is 4.90 Å². The van der Waals surface area contributed by atoms with Crippen LogP contribution in [0.1, 0.15) is 31.9 Å². The molecule has 4 heteroatoms. The van der Waals surface area contributed by atoms with Gasteiger partial charge in [-0.05, 0) is 56.9 Å². The van der Waals surface area contributed by atoms with Crippen LogP contribution in [0.3, 0.4) is 0 Å². The van der Waals surface area contributed by atoms with E-state index in [2.05, 4.69) is 12.1 Å². The van der Waals surface area contributed by atoms with E-state index in [9.17, 15) is 4.79 Å². The Hall–Kier alpha value is -2.00. The molecule has 0 aliphatic carbocycles. The fraction of sp³-hybridized carbons (Fsp3) is 0.350. The molecule has 1 amide bonds. The Bertz CT molecular complexity index is 737. The normalized spacial score (nSPS) is 16.8. The van der Waals surface area contributed by atoms with Crippen molar-refractivity contribution in [2.45, 2.75) is 45.3 Å². The second-order valence-corrected chi connectivity index (χ2v) is 7.54. The van der Waals surface area contributed by atoms with Crippen LogP contribution in [0.4, 0.5) is 10.5 Å². The number of halogens is 1. The van der Waals surface area contributed by atoms with Gasteiger partial charge in [-0.1, -0.05) is 48.0 Å². The van der Waals surface area contributed by atoms with Crippen molar-refractivity contribution in [3.05, 3.63) is 64.7 Å². The van der Waals surface area contributed by atoms with Crippen LogP contribution in [0.2, 0.25) is 5.02 Å². The number of carbonyl (C=O) groups is 1. The minimum absolute atomic E-state index is 0.0112. The molecule has 0 aromatic heterocycles. The van der Waals surface area contributed by atoms with Crippen LogP contribution in [-0.4, -0.2) is 17.7 Å². The summed E-state index contributed by atoms with van der Waals surface area (Å²) in [5.41, 5.74) is 2.54. The highest BCUT2D eigenvalue weighted by atomic mass is 35.5. The molecule has 24 heavy (non-hydrogen) atoms. The second kappa shape index (κ2) is 6.48. The number of hydrogen-bond acceptors (Lipinski definition) is 2. The lowest BCUT2D eigenvalue weighted by atomic mass is 10.0. The summed E-state index contributed by atoms with van der Waals surface area (Å²) in [7, 11) is 0. The van der Waals surface area contributed by atoms with Gasteiger partial charge in [0.25, 0.3) is 0 Å². The zero-order valence-corrected chi connectivity index (χ0v) is 15.0. The Balaban J connectivity index is 1.93. The second-order valence-electron chi connectivity index (χ2n) is 7.14. The van der Waals surface area contributed by atoms with E-state index in [1.54, 1.807) is 4.90 Å². The Morgan fingerprint density at radius 1 is 1.17 bits per heavy atom. The summed E-state index contributed by atoms with van der Waals surface area (Å²) in [4.78, 5) is 14.6. The summed E-state index contributed by atoms with van der Waals surface area (Å²) in [6.45, 7) is 5.64. The smallest absolute Gasteiger partial charge is 0.415 e. The summed E-state index contributed by atoms with van der Waals surface area (Å²) in [5, 5.41) is 0.705. The predicted molar refractivity (Wildman–Crippen MR) is 97.8 cm³/mol. The first-order chi connectivity index (χ1) is 11.3. The number of hydrogen-bond donors (Lipinski definition) is 0. The molecule has 0 N–H and O–H groups in total. The van der Waals surface area contributed by atoms with Gasteiger partial charge in [0.05, 0.1) is 5.69 Å². The van der Waals surface area contributed by atoms with Gasteiger partial charge in [0.1, 0.15) is 5.60 Å². The monoisotopic (exact) mass is 343 g/mol. The largest absolute Gasteiger partial charge is 0.443 e. The van der Waals surface area contributed by atoms with Crippen molar-refractivity contribution in [2.75, 3.05) is 4.90 Å². The first kappa shape index (κ1) is 16.8. The van der Waals surface area contributed by atoms with E-state index in [1.165, 1.54) is 5.56 Å². The molecular weight excluding hydrogens is 322 g/mol. The molecule has 0 saturated heterocycles. The van der Waals surface area contributed by atoms with Gasteiger partial charge in [0, 0.05) is 11.1 Å². The van der Waals surface area contributed by atoms with Gasteiger partial charge >= 0.3 is 6.09 Å². The van der Waals surface area contributed by atoms with E-state index in [-0.39, 0.29) is 12.1 Å². The molecular formula is C20H22ClNO2. The molecule has 1 aliphatic heterocycles. The van der Waals surface area contributed by atoms with Crippen molar-refractivity contribution in [2.24, 2.45) is 0 Å². The average molecular weight is 344 g/mol. The zero-order chi connectivity index (χ0) is 17.3. The minimum Gasteiger partial charge on any atom is -0.443 e. The number of rotatable bonds is 2. The molecule has 2 aromatic carbocycles. The number of amides is 1. The molecule has 0 unspecified atom stereocenters. The fourth-order valence-electron chi connectivity index (χ4n) is 3.11. The first-order valence-electron chi connectivity index (χ1n) is 8.19. The van der Waals surface area contributed by atoms with E-state index >= 15 is 0 Å². The van der Waals surface area contributed by atoms with E-state index in [0.29, 0.717) is 5.02 Å². The van der Waals surface area contributed by atoms with Crippen LogP contribution in [-0.2, 0) is 17.6 Å². The van der Waals surface area contributed by atoms with Crippen LogP contribution in [0.5, 0.6) is 0 Å². The van der Waals surface area contributed by atoms with Gasteiger partial charge in [-0.15, -0.1) is 0 Å². The van der Waals surface area contributed by atoms with Crippen LogP contribution in [0, 0.1) is 0 Å². The van der Waals surface area contributed by atoms with Crippen molar-refractivity contribution in [1.29, 1.82) is 0 Å². The summed E-state index contributed by atoms with van der Waals surface area (Å²) in [5.74, 6) is 0. The number of nitrogens with zero attached hydrogens (tertiary/aromatic N) is 1. The average Bonchev–Trinajstić information content (AvgIpc) is 2.86. The van der Waals surface area contributed by atoms with Crippen molar-refractivity contribution in [3.8, 4) is 0 Å². The Morgan fingerprint density at radius 2 is 1.88 bits per heavy atom. The topological polar surface area (TPSA) is 29.5 Å². The number of anilines is 1. The maximum absolute atomic E-state index is 12.8. The summed E-state index contributed by atoms with van der Waals surface area (Å²) in [6, 6.07) is 15.9. The van der Waals surface area contributed by atoms with Crippen LogP contribution >= 0.6 is 11.6 Å². The molecule has 0 bridgehead atoms. The van der Waals surface area contributed by atoms with Crippen molar-refractivity contribution in [3.63, 3.8) is 0 Å². The lowest BCUT2D eigenvalue weighted by molar-refractivity contribution is 0.0570. The molecule has 0 spiro atoms. The molecule has 0 fully saturated rings. The summed E-state index contributed by atoms with van der Waals surface area (Å²) in [6.07, 6.45) is 1.19. The highest BCUT2D eigenvalue weighted by molar-refractivity contribution is 6.32. The minimum atomic E-state index is -0.532. The summed E-state index contributed by atoms with van der Waals surface area (Å²) >= 11 is 6.36. The number of ether oxygens (including phenoxy) is 1. The van der Waals surface area contributed by atoms with Crippen LogP contribution in [0.25, 0.3) is 0 Å². The molecule has 1 atom stereocenters. The van der Waals surface area contributed by atoms with E-state index < -0.39 is 5.60 Å². The zero-order valence-electron chi connectivity index (χ0n) is 14.3. The Labute approximate surface area is 148 Å². The van der Waals surface area contributed by atoms with E-state index in [0.717, 1.165) is 24.1 Å². The third-order valence-electron chi connectivity index (χ3n) is 4.06. The van der Waals surface area contributed by atoms with Crippen molar-refractivity contribution < 1.29 is 9.53 Å². The van der Waals surface area contributed by atoms with E-state index in [1.807, 2.05) is 57.2 Å². The SMILES string of the molecule is CC(C)(C)OC(=O)N1c2cccc(Cl)c2C[C@@H]1Cc1ccccc1. The lowest BCUT2D eigenvalue weighted by Gasteiger charge is -2.29. The standard InChI is InChI=1S/C20H22ClNO2/c1-20(2,3)24-19(23)22-15(12-14-8-5-4-6-9-14)13-16-17(21)10-7-11-18(16)22/h4-11,15H,12-13H2,1-3H3/t15-/m0/s1. The molecule has 126 valence electrons. The summed E-state index contributed by atoms with van der Waals surface area (Å²) < 4.78 is 5.63. The van der Waals surface area contributed by atoms with Gasteiger partial charge in [0.2, 0.25) is 0 Å². The maximum Gasteiger partial charge on any atom is 0.415 e. The molecule has 1 aliphatic rings. The van der Waals surface area contributed by atoms with Gasteiger partial charge in [-0.3, -0.25) is 4.90 Å². The molecule has 3 rings (SSSR count). The molecule has 0 saturated carbocycles. The van der Waals surface area contributed by atoms with E-state index in [4.69, 9.17) is 16.3 Å². The lowest BCUT2D eigenvalue weighted by Crippen LogP contribution is -2.42. The highest BCUT2D eigenvalue weighted by Crippen LogP contribution is 2.38. The predicted octanol–water partition coefficient (Wildman–Crippen LogP) is 5.25. The Kier molecular flexibility index (Phi) is 4.55. The fourth-order valence-corrected chi connectivity index (χ4v) is 3.35. The third-order valence-corrected chi connectivity index (χ3v) is 4.42. The molecule has 1 heterocycles.